The molecule has 0 unspecified atom stereocenters. The van der Waals surface area contributed by atoms with Crippen LogP contribution >= 0.6 is 0 Å². The van der Waals surface area contributed by atoms with Crippen molar-refractivity contribution >= 4 is 22.8 Å². The van der Waals surface area contributed by atoms with Crippen molar-refractivity contribution in [2.24, 2.45) is 0 Å². The molecule has 2 aromatic rings. The summed E-state index contributed by atoms with van der Waals surface area (Å²) >= 11 is 0. The van der Waals surface area contributed by atoms with Crippen LogP contribution in [-0.2, 0) is 4.79 Å². The van der Waals surface area contributed by atoms with Gasteiger partial charge in [0, 0.05) is 6.08 Å². The maximum absolute atomic E-state index is 10.5. The Morgan fingerprint density at radius 2 is 1.83 bits per heavy atom. The number of carbonyl (C=O) groups is 1. The molecule has 0 saturated carbocycles. The van der Waals surface area contributed by atoms with Gasteiger partial charge in [-0.15, -0.1) is 0 Å². The molecule has 0 aliphatic rings. The minimum absolute atomic E-state index is 0.718. The van der Waals surface area contributed by atoms with Crippen LogP contribution in [0.1, 0.15) is 12.5 Å². The van der Waals surface area contributed by atoms with Crippen LogP contribution in [0.25, 0.3) is 16.8 Å². The molecule has 0 amide bonds. The van der Waals surface area contributed by atoms with E-state index in [4.69, 9.17) is 5.11 Å². The summed E-state index contributed by atoms with van der Waals surface area (Å²) in [6, 6.07) is 14.3. The Morgan fingerprint density at radius 1 is 1.11 bits per heavy atom. The SMILES string of the molecule is CC(/C=C/c1ccc2ccccc2c1)=C\C(=O)O. The largest absolute Gasteiger partial charge is 0.478 e. The van der Waals surface area contributed by atoms with Crippen LogP contribution in [-0.4, -0.2) is 11.1 Å². The topological polar surface area (TPSA) is 37.3 Å². The molecule has 0 heterocycles. The molecule has 0 aliphatic carbocycles. The molecule has 2 heteroatoms. The van der Waals surface area contributed by atoms with Crippen LogP contribution in [0.3, 0.4) is 0 Å². The van der Waals surface area contributed by atoms with E-state index in [1.807, 2.05) is 24.3 Å². The molecule has 0 radical (unpaired) electrons. The van der Waals surface area contributed by atoms with E-state index in [0.717, 1.165) is 11.1 Å². The smallest absolute Gasteiger partial charge is 0.328 e. The van der Waals surface area contributed by atoms with Crippen LogP contribution < -0.4 is 0 Å². The standard InChI is InChI=1S/C16H14O2/c1-12(10-16(17)18)6-7-13-8-9-14-4-2-3-5-15(14)11-13/h2-11H,1H3,(H,17,18)/b7-6+,12-10+. The minimum Gasteiger partial charge on any atom is -0.478 e. The Hall–Kier alpha value is -2.35. The number of rotatable bonds is 3. The van der Waals surface area contributed by atoms with Gasteiger partial charge in [0.15, 0.2) is 0 Å². The van der Waals surface area contributed by atoms with Crippen LogP contribution in [0.5, 0.6) is 0 Å². The van der Waals surface area contributed by atoms with Crippen LogP contribution in [0.4, 0.5) is 0 Å². The van der Waals surface area contributed by atoms with Gasteiger partial charge >= 0.3 is 5.97 Å². The third-order valence-electron chi connectivity index (χ3n) is 2.66. The molecule has 0 bridgehead atoms. The summed E-state index contributed by atoms with van der Waals surface area (Å²) in [5.41, 5.74) is 1.78. The number of allylic oxidation sites excluding steroid dienone is 2. The highest BCUT2D eigenvalue weighted by molar-refractivity contribution is 5.85. The van der Waals surface area contributed by atoms with Gasteiger partial charge in [0.1, 0.15) is 0 Å². The van der Waals surface area contributed by atoms with Crippen molar-refractivity contribution in [3.8, 4) is 0 Å². The highest BCUT2D eigenvalue weighted by Crippen LogP contribution is 2.16. The molecule has 1 N–H and O–H groups in total. The number of hydrogen-bond donors (Lipinski definition) is 1. The number of fused-ring (bicyclic) bond motifs is 1. The Balaban J connectivity index is 2.27. The first-order valence-electron chi connectivity index (χ1n) is 5.73. The lowest BCUT2D eigenvalue weighted by Crippen LogP contribution is -1.87. The fourth-order valence-corrected chi connectivity index (χ4v) is 1.78. The lowest BCUT2D eigenvalue weighted by molar-refractivity contribution is -0.131. The van der Waals surface area contributed by atoms with Gasteiger partial charge in [-0.1, -0.05) is 48.6 Å². The van der Waals surface area contributed by atoms with E-state index >= 15 is 0 Å². The predicted octanol–water partition coefficient (Wildman–Crippen LogP) is 3.88. The van der Waals surface area contributed by atoms with Crippen molar-refractivity contribution in [2.45, 2.75) is 6.92 Å². The molecule has 0 atom stereocenters. The average Bonchev–Trinajstić information content (AvgIpc) is 2.35. The molecule has 0 aliphatic heterocycles. The number of aliphatic carboxylic acids is 1. The zero-order valence-corrected chi connectivity index (χ0v) is 10.1. The fraction of sp³-hybridized carbons (Fsp3) is 0.0625. The molecule has 18 heavy (non-hydrogen) atoms. The molecule has 0 saturated heterocycles. The molecule has 0 aromatic heterocycles. The van der Waals surface area contributed by atoms with Crippen molar-refractivity contribution in [2.75, 3.05) is 0 Å². The van der Waals surface area contributed by atoms with Gasteiger partial charge in [-0.05, 0) is 34.9 Å². The highest BCUT2D eigenvalue weighted by atomic mass is 16.4. The van der Waals surface area contributed by atoms with Crippen LogP contribution in [0, 0.1) is 0 Å². The van der Waals surface area contributed by atoms with Crippen molar-refractivity contribution in [1.82, 2.24) is 0 Å². The summed E-state index contributed by atoms with van der Waals surface area (Å²) in [7, 11) is 0. The van der Waals surface area contributed by atoms with Gasteiger partial charge < -0.3 is 5.11 Å². The average molecular weight is 238 g/mol. The first-order chi connectivity index (χ1) is 8.65. The molecular weight excluding hydrogens is 224 g/mol. The van der Waals surface area contributed by atoms with E-state index in [1.165, 1.54) is 16.8 Å². The molecular formula is C16H14O2. The summed E-state index contributed by atoms with van der Waals surface area (Å²) in [5.74, 6) is -0.921. The summed E-state index contributed by atoms with van der Waals surface area (Å²) < 4.78 is 0. The van der Waals surface area contributed by atoms with E-state index in [0.29, 0.717) is 0 Å². The van der Waals surface area contributed by atoms with E-state index < -0.39 is 5.97 Å². The van der Waals surface area contributed by atoms with Crippen LogP contribution in [0.15, 0.2) is 60.2 Å². The Labute approximate surface area is 106 Å². The molecule has 2 rings (SSSR count). The minimum atomic E-state index is -0.921. The van der Waals surface area contributed by atoms with Gasteiger partial charge in [0.25, 0.3) is 0 Å². The third kappa shape index (κ3) is 3.08. The molecule has 0 fully saturated rings. The fourth-order valence-electron chi connectivity index (χ4n) is 1.78. The van der Waals surface area contributed by atoms with Gasteiger partial charge in [0.2, 0.25) is 0 Å². The van der Waals surface area contributed by atoms with Crippen molar-refractivity contribution < 1.29 is 9.90 Å². The normalized spacial score (nSPS) is 12.2. The maximum Gasteiger partial charge on any atom is 0.328 e. The van der Waals surface area contributed by atoms with Crippen molar-refractivity contribution in [3.05, 3.63) is 65.8 Å². The van der Waals surface area contributed by atoms with Gasteiger partial charge in [-0.25, -0.2) is 4.79 Å². The lowest BCUT2D eigenvalue weighted by Gasteiger charge is -1.99. The number of carboxylic acids is 1. The molecule has 2 nitrogen and oxygen atoms in total. The Bertz CT molecular complexity index is 636. The predicted molar refractivity (Wildman–Crippen MR) is 74.4 cm³/mol. The third-order valence-corrected chi connectivity index (χ3v) is 2.66. The first-order valence-corrected chi connectivity index (χ1v) is 5.73. The van der Waals surface area contributed by atoms with E-state index in [-0.39, 0.29) is 0 Å². The van der Waals surface area contributed by atoms with Crippen molar-refractivity contribution in [3.63, 3.8) is 0 Å². The summed E-state index contributed by atoms with van der Waals surface area (Å²) in [6.07, 6.45) is 4.91. The Morgan fingerprint density at radius 3 is 2.56 bits per heavy atom. The summed E-state index contributed by atoms with van der Waals surface area (Å²) in [4.78, 5) is 10.5. The second-order valence-electron chi connectivity index (χ2n) is 4.17. The van der Waals surface area contributed by atoms with E-state index in [9.17, 15) is 4.79 Å². The van der Waals surface area contributed by atoms with E-state index in [1.54, 1.807) is 13.0 Å². The number of benzene rings is 2. The molecule has 0 spiro atoms. The van der Waals surface area contributed by atoms with Crippen LogP contribution in [0.2, 0.25) is 0 Å². The Kier molecular flexibility index (Phi) is 3.58. The monoisotopic (exact) mass is 238 g/mol. The summed E-state index contributed by atoms with van der Waals surface area (Å²) in [6.45, 7) is 1.77. The summed E-state index contributed by atoms with van der Waals surface area (Å²) in [5, 5.41) is 11.0. The molecule has 2 aromatic carbocycles. The van der Waals surface area contributed by atoms with Gasteiger partial charge in [-0.2, -0.15) is 0 Å². The van der Waals surface area contributed by atoms with Gasteiger partial charge in [-0.3, -0.25) is 0 Å². The number of hydrogen-bond acceptors (Lipinski definition) is 1. The quantitative estimate of drug-likeness (QED) is 0.650. The zero-order valence-electron chi connectivity index (χ0n) is 10.1. The van der Waals surface area contributed by atoms with E-state index in [2.05, 4.69) is 24.3 Å². The first kappa shape index (κ1) is 12.1. The maximum atomic E-state index is 10.5. The molecule has 90 valence electrons. The second-order valence-corrected chi connectivity index (χ2v) is 4.17. The lowest BCUT2D eigenvalue weighted by atomic mass is 10.1. The number of carboxylic acid groups (broad SMARTS) is 1. The van der Waals surface area contributed by atoms with Gasteiger partial charge in [0.05, 0.1) is 0 Å². The second kappa shape index (κ2) is 5.32. The zero-order chi connectivity index (χ0) is 13.0. The highest BCUT2D eigenvalue weighted by Gasteiger charge is 1.93. The van der Waals surface area contributed by atoms with Crippen molar-refractivity contribution in [1.29, 1.82) is 0 Å².